The highest BCUT2D eigenvalue weighted by molar-refractivity contribution is 7.99. The Labute approximate surface area is 111 Å². The molecular formula is C14H16N2OS. The second-order valence-electron chi connectivity index (χ2n) is 4.87. The molecule has 0 aromatic carbocycles. The first-order valence-electron chi connectivity index (χ1n) is 6.36. The van der Waals surface area contributed by atoms with Crippen molar-refractivity contribution in [2.45, 2.75) is 19.3 Å². The predicted octanol–water partition coefficient (Wildman–Crippen LogP) is 2.83. The first-order chi connectivity index (χ1) is 8.85. The Morgan fingerprint density at radius 1 is 1.44 bits per heavy atom. The van der Waals surface area contributed by atoms with E-state index >= 15 is 0 Å². The minimum Gasteiger partial charge on any atom is -0.306 e. The van der Waals surface area contributed by atoms with Gasteiger partial charge in [-0.15, -0.1) is 0 Å². The number of fused-ring (bicyclic) bond motifs is 1. The highest BCUT2D eigenvalue weighted by Crippen LogP contribution is 2.25. The van der Waals surface area contributed by atoms with Gasteiger partial charge in [-0.1, -0.05) is 0 Å². The topological polar surface area (TPSA) is 34.4 Å². The number of thioether (sulfide) groups is 1. The van der Waals surface area contributed by atoms with Gasteiger partial charge < -0.3 is 4.40 Å². The highest BCUT2D eigenvalue weighted by atomic mass is 32.2. The summed E-state index contributed by atoms with van der Waals surface area (Å²) in [4.78, 5) is 15.4. The minimum atomic E-state index is 0.694. The fourth-order valence-corrected chi connectivity index (χ4v) is 3.65. The standard InChI is InChI=1S/C14H16N2OS/c17-9-12-3-4-14-15-13(8-16(14)7-12)6-11-2-1-5-18-10-11/h3-4,7-9,11H,1-2,5-6,10H2. The number of carbonyl (C=O) groups is 1. The molecule has 3 heterocycles. The molecule has 3 nitrogen and oxygen atoms in total. The number of pyridine rings is 1. The summed E-state index contributed by atoms with van der Waals surface area (Å²) in [5.74, 6) is 3.33. The second kappa shape index (κ2) is 5.14. The molecule has 18 heavy (non-hydrogen) atoms. The van der Waals surface area contributed by atoms with Crippen LogP contribution in [-0.4, -0.2) is 27.2 Å². The maximum atomic E-state index is 10.7. The van der Waals surface area contributed by atoms with Gasteiger partial charge in [-0.25, -0.2) is 4.98 Å². The molecule has 0 amide bonds. The zero-order valence-corrected chi connectivity index (χ0v) is 11.0. The van der Waals surface area contributed by atoms with Crippen LogP contribution in [0.3, 0.4) is 0 Å². The van der Waals surface area contributed by atoms with Crippen molar-refractivity contribution in [1.82, 2.24) is 9.38 Å². The molecule has 4 heteroatoms. The molecule has 3 rings (SSSR count). The maximum Gasteiger partial charge on any atom is 0.151 e. The molecule has 1 atom stereocenters. The monoisotopic (exact) mass is 260 g/mol. The van der Waals surface area contributed by atoms with Gasteiger partial charge in [0.1, 0.15) is 5.65 Å². The lowest BCUT2D eigenvalue weighted by Crippen LogP contribution is -2.13. The fraction of sp³-hybridized carbons (Fsp3) is 0.429. The Morgan fingerprint density at radius 3 is 3.17 bits per heavy atom. The number of aromatic nitrogens is 2. The summed E-state index contributed by atoms with van der Waals surface area (Å²) in [5, 5.41) is 0. The van der Waals surface area contributed by atoms with Crippen LogP contribution in [0, 0.1) is 5.92 Å². The van der Waals surface area contributed by atoms with Crippen LogP contribution < -0.4 is 0 Å². The molecule has 0 N–H and O–H groups in total. The van der Waals surface area contributed by atoms with Gasteiger partial charge in [0.25, 0.3) is 0 Å². The average molecular weight is 260 g/mol. The molecule has 1 fully saturated rings. The van der Waals surface area contributed by atoms with Crippen molar-refractivity contribution in [3.63, 3.8) is 0 Å². The lowest BCUT2D eigenvalue weighted by molar-refractivity contribution is 0.112. The van der Waals surface area contributed by atoms with Crippen molar-refractivity contribution in [1.29, 1.82) is 0 Å². The van der Waals surface area contributed by atoms with Gasteiger partial charge in [-0.3, -0.25) is 4.79 Å². The van der Waals surface area contributed by atoms with Crippen LogP contribution in [0.25, 0.3) is 5.65 Å². The third-order valence-electron chi connectivity index (χ3n) is 3.41. The third-order valence-corrected chi connectivity index (χ3v) is 4.70. The second-order valence-corrected chi connectivity index (χ2v) is 6.02. The molecule has 94 valence electrons. The van der Waals surface area contributed by atoms with Crippen molar-refractivity contribution in [3.8, 4) is 0 Å². The van der Waals surface area contributed by atoms with E-state index in [0.717, 1.165) is 30.0 Å². The zero-order chi connectivity index (χ0) is 12.4. The van der Waals surface area contributed by atoms with Gasteiger partial charge in [0.05, 0.1) is 5.69 Å². The van der Waals surface area contributed by atoms with Gasteiger partial charge in [0, 0.05) is 18.0 Å². The molecule has 0 spiro atoms. The maximum absolute atomic E-state index is 10.7. The molecule has 0 saturated carbocycles. The van der Waals surface area contributed by atoms with Crippen LogP contribution in [0.2, 0.25) is 0 Å². The van der Waals surface area contributed by atoms with E-state index in [1.807, 2.05) is 22.7 Å². The number of aldehydes is 1. The van der Waals surface area contributed by atoms with Crippen molar-refractivity contribution < 1.29 is 4.79 Å². The van der Waals surface area contributed by atoms with Gasteiger partial charge in [-0.05, 0) is 48.8 Å². The summed E-state index contributed by atoms with van der Waals surface area (Å²) in [6.45, 7) is 0. The smallest absolute Gasteiger partial charge is 0.151 e. The molecular weight excluding hydrogens is 244 g/mol. The molecule has 1 aliphatic heterocycles. The molecule has 2 aromatic rings. The lowest BCUT2D eigenvalue weighted by Gasteiger charge is -2.19. The SMILES string of the molecule is O=Cc1ccc2nc(CC3CCCSC3)cn2c1. The Hall–Kier alpha value is -1.29. The van der Waals surface area contributed by atoms with Crippen LogP contribution in [0.4, 0.5) is 0 Å². The molecule has 1 saturated heterocycles. The van der Waals surface area contributed by atoms with E-state index in [-0.39, 0.29) is 0 Å². The molecule has 1 unspecified atom stereocenters. The van der Waals surface area contributed by atoms with Crippen LogP contribution in [-0.2, 0) is 6.42 Å². The van der Waals surface area contributed by atoms with Gasteiger partial charge in [-0.2, -0.15) is 11.8 Å². The van der Waals surface area contributed by atoms with E-state index in [1.165, 1.54) is 24.3 Å². The van der Waals surface area contributed by atoms with Crippen molar-refractivity contribution in [2.75, 3.05) is 11.5 Å². The Kier molecular flexibility index (Phi) is 3.37. The van der Waals surface area contributed by atoms with E-state index in [1.54, 1.807) is 0 Å². The normalized spacial score (nSPS) is 20.1. The minimum absolute atomic E-state index is 0.694. The number of hydrogen-bond donors (Lipinski definition) is 0. The van der Waals surface area contributed by atoms with Gasteiger partial charge in [0.2, 0.25) is 0 Å². The van der Waals surface area contributed by atoms with Crippen molar-refractivity contribution >= 4 is 23.7 Å². The van der Waals surface area contributed by atoms with Crippen LogP contribution >= 0.6 is 11.8 Å². The van der Waals surface area contributed by atoms with Crippen molar-refractivity contribution in [3.05, 3.63) is 35.8 Å². The van der Waals surface area contributed by atoms with Crippen LogP contribution in [0.1, 0.15) is 28.9 Å². The van der Waals surface area contributed by atoms with Crippen LogP contribution in [0.5, 0.6) is 0 Å². The number of carbonyl (C=O) groups excluding carboxylic acids is 1. The van der Waals surface area contributed by atoms with Gasteiger partial charge >= 0.3 is 0 Å². The Balaban J connectivity index is 1.81. The van der Waals surface area contributed by atoms with E-state index in [0.29, 0.717) is 5.56 Å². The summed E-state index contributed by atoms with van der Waals surface area (Å²) in [5.41, 5.74) is 2.77. The summed E-state index contributed by atoms with van der Waals surface area (Å²) < 4.78 is 1.95. The largest absolute Gasteiger partial charge is 0.306 e. The Bertz CT molecular complexity index is 558. The Morgan fingerprint density at radius 2 is 2.39 bits per heavy atom. The summed E-state index contributed by atoms with van der Waals surface area (Å²) in [6.07, 6.45) is 8.48. The molecule has 0 aliphatic carbocycles. The third kappa shape index (κ3) is 2.43. The fourth-order valence-electron chi connectivity index (χ4n) is 2.49. The number of imidazole rings is 1. The first-order valence-corrected chi connectivity index (χ1v) is 7.51. The lowest BCUT2D eigenvalue weighted by atomic mass is 10.00. The first kappa shape index (κ1) is 11.8. The number of nitrogens with zero attached hydrogens (tertiary/aromatic N) is 2. The van der Waals surface area contributed by atoms with Crippen molar-refractivity contribution in [2.24, 2.45) is 5.92 Å². The predicted molar refractivity (Wildman–Crippen MR) is 74.3 cm³/mol. The molecule has 0 bridgehead atoms. The molecule has 0 radical (unpaired) electrons. The number of hydrogen-bond acceptors (Lipinski definition) is 3. The average Bonchev–Trinajstić information content (AvgIpc) is 2.80. The van der Waals surface area contributed by atoms with E-state index in [4.69, 9.17) is 0 Å². The van der Waals surface area contributed by atoms with E-state index < -0.39 is 0 Å². The van der Waals surface area contributed by atoms with E-state index in [9.17, 15) is 4.79 Å². The van der Waals surface area contributed by atoms with Crippen LogP contribution in [0.15, 0.2) is 24.5 Å². The summed E-state index contributed by atoms with van der Waals surface area (Å²) in [7, 11) is 0. The number of rotatable bonds is 3. The quantitative estimate of drug-likeness (QED) is 0.796. The summed E-state index contributed by atoms with van der Waals surface area (Å²) >= 11 is 2.05. The van der Waals surface area contributed by atoms with E-state index in [2.05, 4.69) is 22.9 Å². The van der Waals surface area contributed by atoms with Gasteiger partial charge in [0.15, 0.2) is 6.29 Å². The highest BCUT2D eigenvalue weighted by Gasteiger charge is 2.15. The molecule has 2 aromatic heterocycles. The zero-order valence-electron chi connectivity index (χ0n) is 10.2. The summed E-state index contributed by atoms with van der Waals surface area (Å²) in [6, 6.07) is 3.72. The molecule has 1 aliphatic rings.